The molecule has 3 N–H and O–H groups in total. The lowest BCUT2D eigenvalue weighted by Gasteiger charge is -2.11. The normalized spacial score (nSPS) is 10.1. The van der Waals surface area contributed by atoms with Crippen molar-refractivity contribution in [2.45, 2.75) is 19.8 Å². The van der Waals surface area contributed by atoms with Crippen molar-refractivity contribution < 1.29 is 9.53 Å². The standard InChI is InChI=1S/C17H20N2O2/c1-2-21-16-9-4-3-8-15(16)19-17(20)11-10-13-6-5-7-14(18)12-13/h3-9,12H,2,10-11,18H2,1H3,(H,19,20). The monoisotopic (exact) mass is 284 g/mol. The second-order valence-electron chi connectivity index (χ2n) is 4.72. The molecule has 4 nitrogen and oxygen atoms in total. The Morgan fingerprint density at radius 1 is 1.19 bits per heavy atom. The lowest BCUT2D eigenvalue weighted by Crippen LogP contribution is -2.13. The van der Waals surface area contributed by atoms with Crippen molar-refractivity contribution >= 4 is 17.3 Å². The van der Waals surface area contributed by atoms with E-state index in [-0.39, 0.29) is 5.91 Å². The van der Waals surface area contributed by atoms with Gasteiger partial charge in [0.25, 0.3) is 0 Å². The van der Waals surface area contributed by atoms with Crippen molar-refractivity contribution in [3.05, 3.63) is 54.1 Å². The Hall–Kier alpha value is -2.49. The van der Waals surface area contributed by atoms with Crippen LogP contribution in [0.3, 0.4) is 0 Å². The number of ether oxygens (including phenoxy) is 1. The van der Waals surface area contributed by atoms with Crippen molar-refractivity contribution in [3.8, 4) is 5.75 Å². The van der Waals surface area contributed by atoms with Crippen LogP contribution in [0.15, 0.2) is 48.5 Å². The van der Waals surface area contributed by atoms with Crippen molar-refractivity contribution in [3.63, 3.8) is 0 Å². The van der Waals surface area contributed by atoms with Gasteiger partial charge in [0.2, 0.25) is 5.91 Å². The van der Waals surface area contributed by atoms with E-state index in [1.807, 2.05) is 55.5 Å². The number of rotatable bonds is 6. The van der Waals surface area contributed by atoms with Gasteiger partial charge in [0.15, 0.2) is 0 Å². The van der Waals surface area contributed by atoms with Crippen LogP contribution < -0.4 is 15.8 Å². The van der Waals surface area contributed by atoms with Gasteiger partial charge in [0.1, 0.15) is 5.75 Å². The van der Waals surface area contributed by atoms with Crippen LogP contribution in [0.4, 0.5) is 11.4 Å². The Bertz CT molecular complexity index is 611. The Balaban J connectivity index is 1.93. The van der Waals surface area contributed by atoms with E-state index in [0.29, 0.717) is 30.9 Å². The van der Waals surface area contributed by atoms with Gasteiger partial charge in [0, 0.05) is 12.1 Å². The molecule has 1 amide bonds. The molecule has 4 heteroatoms. The fourth-order valence-corrected chi connectivity index (χ4v) is 2.07. The fourth-order valence-electron chi connectivity index (χ4n) is 2.07. The number of carbonyl (C=O) groups excluding carboxylic acids is 1. The van der Waals surface area contributed by atoms with Crippen LogP contribution in [0.2, 0.25) is 0 Å². The van der Waals surface area contributed by atoms with Crippen LogP contribution in [0.1, 0.15) is 18.9 Å². The molecule has 0 heterocycles. The lowest BCUT2D eigenvalue weighted by molar-refractivity contribution is -0.116. The highest BCUT2D eigenvalue weighted by molar-refractivity contribution is 5.92. The van der Waals surface area contributed by atoms with Crippen LogP contribution in [0.5, 0.6) is 5.75 Å². The van der Waals surface area contributed by atoms with Crippen LogP contribution >= 0.6 is 0 Å². The summed E-state index contributed by atoms with van der Waals surface area (Å²) in [6.07, 6.45) is 1.07. The summed E-state index contributed by atoms with van der Waals surface area (Å²) in [7, 11) is 0. The van der Waals surface area contributed by atoms with E-state index in [9.17, 15) is 4.79 Å². The van der Waals surface area contributed by atoms with Gasteiger partial charge in [-0.05, 0) is 43.2 Å². The van der Waals surface area contributed by atoms with E-state index in [1.165, 1.54) is 0 Å². The molecule has 0 fully saturated rings. The molecular formula is C17H20N2O2. The van der Waals surface area contributed by atoms with Crippen LogP contribution in [0.25, 0.3) is 0 Å². The summed E-state index contributed by atoms with van der Waals surface area (Å²) in [6, 6.07) is 15.0. The summed E-state index contributed by atoms with van der Waals surface area (Å²) in [4.78, 5) is 12.0. The first-order valence-electron chi connectivity index (χ1n) is 7.05. The minimum absolute atomic E-state index is 0.0374. The first-order valence-corrected chi connectivity index (χ1v) is 7.05. The quantitative estimate of drug-likeness (QED) is 0.800. The molecule has 0 bridgehead atoms. The maximum absolute atomic E-state index is 12.0. The number of nitrogen functional groups attached to an aromatic ring is 1. The second-order valence-corrected chi connectivity index (χ2v) is 4.72. The number of amides is 1. The van der Waals surface area contributed by atoms with E-state index < -0.39 is 0 Å². The van der Waals surface area contributed by atoms with Crippen LogP contribution in [-0.2, 0) is 11.2 Å². The van der Waals surface area contributed by atoms with Gasteiger partial charge in [-0.1, -0.05) is 24.3 Å². The number of para-hydroxylation sites is 2. The Morgan fingerprint density at radius 3 is 2.76 bits per heavy atom. The number of benzene rings is 2. The third kappa shape index (κ3) is 4.53. The molecule has 0 unspecified atom stereocenters. The number of hydrogen-bond donors (Lipinski definition) is 2. The summed E-state index contributed by atoms with van der Waals surface area (Å²) >= 11 is 0. The van der Waals surface area contributed by atoms with Crippen molar-refractivity contribution in [1.82, 2.24) is 0 Å². The zero-order chi connectivity index (χ0) is 15.1. The van der Waals surface area contributed by atoms with E-state index in [1.54, 1.807) is 0 Å². The smallest absolute Gasteiger partial charge is 0.224 e. The highest BCUT2D eigenvalue weighted by atomic mass is 16.5. The molecule has 0 aliphatic heterocycles. The summed E-state index contributed by atoms with van der Waals surface area (Å²) in [5.41, 5.74) is 8.21. The molecule has 2 aromatic rings. The molecule has 0 atom stereocenters. The average Bonchev–Trinajstić information content (AvgIpc) is 2.48. The summed E-state index contributed by atoms with van der Waals surface area (Å²) < 4.78 is 5.49. The number of nitrogens with one attached hydrogen (secondary N) is 1. The van der Waals surface area contributed by atoms with Crippen LogP contribution in [-0.4, -0.2) is 12.5 Å². The molecule has 0 radical (unpaired) electrons. The highest BCUT2D eigenvalue weighted by Crippen LogP contribution is 2.23. The third-order valence-electron chi connectivity index (χ3n) is 3.05. The lowest BCUT2D eigenvalue weighted by atomic mass is 10.1. The van der Waals surface area contributed by atoms with Gasteiger partial charge < -0.3 is 15.8 Å². The largest absolute Gasteiger partial charge is 0.492 e. The SMILES string of the molecule is CCOc1ccccc1NC(=O)CCc1cccc(N)c1. The van der Waals surface area contributed by atoms with Gasteiger partial charge in [-0.15, -0.1) is 0 Å². The van der Waals surface area contributed by atoms with Gasteiger partial charge in [-0.25, -0.2) is 0 Å². The van der Waals surface area contributed by atoms with Gasteiger partial charge >= 0.3 is 0 Å². The molecule has 0 aliphatic carbocycles. The zero-order valence-electron chi connectivity index (χ0n) is 12.1. The predicted molar refractivity (Wildman–Crippen MR) is 85.4 cm³/mol. The second kappa shape index (κ2) is 7.33. The highest BCUT2D eigenvalue weighted by Gasteiger charge is 2.07. The van der Waals surface area contributed by atoms with Gasteiger partial charge in [-0.3, -0.25) is 4.79 Å². The number of anilines is 2. The van der Waals surface area contributed by atoms with E-state index >= 15 is 0 Å². The van der Waals surface area contributed by atoms with Gasteiger partial charge in [0.05, 0.1) is 12.3 Å². The van der Waals surface area contributed by atoms with E-state index in [4.69, 9.17) is 10.5 Å². The average molecular weight is 284 g/mol. The summed E-state index contributed by atoms with van der Waals surface area (Å²) in [5.74, 6) is 0.655. The van der Waals surface area contributed by atoms with Crippen molar-refractivity contribution in [2.24, 2.45) is 0 Å². The summed E-state index contributed by atoms with van der Waals surface area (Å²) in [5, 5.41) is 2.89. The molecule has 110 valence electrons. The zero-order valence-corrected chi connectivity index (χ0v) is 12.1. The topological polar surface area (TPSA) is 64.3 Å². The molecular weight excluding hydrogens is 264 g/mol. The Labute approximate surface area is 124 Å². The maximum atomic E-state index is 12.0. The van der Waals surface area contributed by atoms with Crippen molar-refractivity contribution in [1.29, 1.82) is 0 Å². The van der Waals surface area contributed by atoms with Crippen LogP contribution in [0, 0.1) is 0 Å². The fraction of sp³-hybridized carbons (Fsp3) is 0.235. The number of nitrogens with two attached hydrogens (primary N) is 1. The number of hydrogen-bond acceptors (Lipinski definition) is 3. The van der Waals surface area contributed by atoms with Gasteiger partial charge in [-0.2, -0.15) is 0 Å². The predicted octanol–water partition coefficient (Wildman–Crippen LogP) is 3.24. The molecule has 0 saturated heterocycles. The maximum Gasteiger partial charge on any atom is 0.224 e. The Morgan fingerprint density at radius 2 is 2.00 bits per heavy atom. The molecule has 0 spiro atoms. The molecule has 2 aromatic carbocycles. The first-order chi connectivity index (χ1) is 10.2. The minimum atomic E-state index is -0.0374. The van der Waals surface area contributed by atoms with Crippen molar-refractivity contribution in [2.75, 3.05) is 17.7 Å². The molecule has 21 heavy (non-hydrogen) atoms. The number of carbonyl (C=O) groups is 1. The summed E-state index contributed by atoms with van der Waals surface area (Å²) in [6.45, 7) is 2.48. The number of aryl methyl sites for hydroxylation is 1. The van der Waals surface area contributed by atoms with E-state index in [2.05, 4.69) is 5.32 Å². The molecule has 0 aliphatic rings. The van der Waals surface area contributed by atoms with E-state index in [0.717, 1.165) is 11.3 Å². The molecule has 2 rings (SSSR count). The minimum Gasteiger partial charge on any atom is -0.492 e. The third-order valence-corrected chi connectivity index (χ3v) is 3.05. The molecule has 0 saturated carbocycles. The Kier molecular flexibility index (Phi) is 5.21. The first kappa shape index (κ1) is 14.9. The molecule has 0 aromatic heterocycles.